The van der Waals surface area contributed by atoms with Crippen LogP contribution in [0.2, 0.25) is 0 Å². The first kappa shape index (κ1) is 14.9. The quantitative estimate of drug-likeness (QED) is 0.649. The number of nitrogens with one attached hydrogen (secondary N) is 1. The molecule has 0 aliphatic carbocycles. The molecule has 1 atom stereocenters. The van der Waals surface area contributed by atoms with Gasteiger partial charge in [-0.05, 0) is 32.7 Å². The van der Waals surface area contributed by atoms with Crippen molar-refractivity contribution in [3.05, 3.63) is 5.89 Å². The topological polar surface area (TPSA) is 74.4 Å². The second kappa shape index (κ2) is 8.05. The SMILES string of the molecule is CCNC(C)c1nnc(N(C)CCCCCO)o1. The summed E-state index contributed by atoms with van der Waals surface area (Å²) in [5.74, 6) is 0.619. The average Bonchev–Trinajstić information content (AvgIpc) is 2.84. The van der Waals surface area contributed by atoms with Crippen LogP contribution in [0.1, 0.15) is 45.0 Å². The maximum absolute atomic E-state index is 8.70. The van der Waals surface area contributed by atoms with E-state index in [9.17, 15) is 0 Å². The maximum atomic E-state index is 8.70. The van der Waals surface area contributed by atoms with Crippen LogP contribution < -0.4 is 10.2 Å². The van der Waals surface area contributed by atoms with Crippen molar-refractivity contribution in [1.82, 2.24) is 15.5 Å². The van der Waals surface area contributed by atoms with Crippen LogP contribution in [0.25, 0.3) is 0 Å². The summed E-state index contributed by atoms with van der Waals surface area (Å²) in [5, 5.41) is 20.0. The molecule has 0 aromatic carbocycles. The minimum atomic E-state index is 0.0824. The summed E-state index contributed by atoms with van der Waals surface area (Å²) in [6, 6.07) is 0.637. The van der Waals surface area contributed by atoms with E-state index in [-0.39, 0.29) is 12.6 Å². The van der Waals surface area contributed by atoms with Gasteiger partial charge in [-0.3, -0.25) is 0 Å². The highest BCUT2D eigenvalue weighted by molar-refractivity contribution is 5.21. The third-order valence-corrected chi connectivity index (χ3v) is 2.79. The summed E-state index contributed by atoms with van der Waals surface area (Å²) in [6.07, 6.45) is 2.87. The molecule has 104 valence electrons. The number of unbranched alkanes of at least 4 members (excludes halogenated alkanes) is 2. The van der Waals surface area contributed by atoms with Crippen LogP contribution in [0.4, 0.5) is 6.01 Å². The first-order chi connectivity index (χ1) is 8.69. The van der Waals surface area contributed by atoms with E-state index in [0.717, 1.165) is 32.4 Å². The lowest BCUT2D eigenvalue weighted by atomic mass is 10.2. The Morgan fingerprint density at radius 1 is 1.33 bits per heavy atom. The van der Waals surface area contributed by atoms with E-state index in [1.54, 1.807) is 0 Å². The molecule has 6 nitrogen and oxygen atoms in total. The molecule has 0 spiro atoms. The molecule has 0 saturated heterocycles. The van der Waals surface area contributed by atoms with Gasteiger partial charge in [0.05, 0.1) is 6.04 Å². The van der Waals surface area contributed by atoms with Gasteiger partial charge in [0.2, 0.25) is 5.89 Å². The minimum absolute atomic E-state index is 0.0824. The Kier molecular flexibility index (Phi) is 6.67. The van der Waals surface area contributed by atoms with E-state index in [2.05, 4.69) is 15.5 Å². The number of anilines is 1. The number of aliphatic hydroxyl groups is 1. The van der Waals surface area contributed by atoms with Crippen LogP contribution in [0.3, 0.4) is 0 Å². The van der Waals surface area contributed by atoms with Crippen LogP contribution in [-0.2, 0) is 0 Å². The summed E-state index contributed by atoms with van der Waals surface area (Å²) in [5.41, 5.74) is 0. The zero-order chi connectivity index (χ0) is 13.4. The van der Waals surface area contributed by atoms with Crippen molar-refractivity contribution in [2.75, 3.05) is 31.6 Å². The van der Waals surface area contributed by atoms with Gasteiger partial charge in [-0.1, -0.05) is 12.0 Å². The van der Waals surface area contributed by atoms with Gasteiger partial charge in [-0.15, -0.1) is 5.10 Å². The molecule has 1 rings (SSSR count). The lowest BCUT2D eigenvalue weighted by molar-refractivity contribution is 0.283. The van der Waals surface area contributed by atoms with E-state index in [4.69, 9.17) is 9.52 Å². The Balaban J connectivity index is 2.41. The fourth-order valence-electron chi connectivity index (χ4n) is 1.68. The maximum Gasteiger partial charge on any atom is 0.317 e. The van der Waals surface area contributed by atoms with Gasteiger partial charge >= 0.3 is 6.01 Å². The predicted molar refractivity (Wildman–Crippen MR) is 70.6 cm³/mol. The molecule has 18 heavy (non-hydrogen) atoms. The van der Waals surface area contributed by atoms with Crippen molar-refractivity contribution in [1.29, 1.82) is 0 Å². The average molecular weight is 256 g/mol. The van der Waals surface area contributed by atoms with E-state index < -0.39 is 0 Å². The minimum Gasteiger partial charge on any atom is -0.406 e. The van der Waals surface area contributed by atoms with Gasteiger partial charge in [0.1, 0.15) is 0 Å². The van der Waals surface area contributed by atoms with Crippen LogP contribution >= 0.6 is 0 Å². The highest BCUT2D eigenvalue weighted by Crippen LogP contribution is 2.16. The third-order valence-electron chi connectivity index (χ3n) is 2.79. The van der Waals surface area contributed by atoms with E-state index in [1.807, 2.05) is 25.8 Å². The second-order valence-corrected chi connectivity index (χ2v) is 4.41. The highest BCUT2D eigenvalue weighted by atomic mass is 16.4. The van der Waals surface area contributed by atoms with Gasteiger partial charge in [0.25, 0.3) is 0 Å². The number of hydrogen-bond acceptors (Lipinski definition) is 6. The molecule has 0 radical (unpaired) electrons. The normalized spacial score (nSPS) is 12.7. The Hall–Kier alpha value is -1.14. The second-order valence-electron chi connectivity index (χ2n) is 4.41. The largest absolute Gasteiger partial charge is 0.406 e. The molecule has 0 amide bonds. The summed E-state index contributed by atoms with van der Waals surface area (Å²) >= 11 is 0. The first-order valence-corrected chi connectivity index (χ1v) is 6.57. The van der Waals surface area contributed by atoms with Crippen LogP contribution in [0.15, 0.2) is 4.42 Å². The summed E-state index contributed by atoms with van der Waals surface area (Å²) in [7, 11) is 1.94. The standard InChI is InChI=1S/C12H24N4O2/c1-4-13-10(2)11-14-15-12(18-11)16(3)8-6-5-7-9-17/h10,13,17H,4-9H2,1-3H3. The Labute approximate surface area is 108 Å². The highest BCUT2D eigenvalue weighted by Gasteiger charge is 2.14. The Bertz CT molecular complexity index is 330. The molecule has 2 N–H and O–H groups in total. The number of aromatic nitrogens is 2. The molecular formula is C12H24N4O2. The molecule has 1 heterocycles. The van der Waals surface area contributed by atoms with E-state index in [1.165, 1.54) is 0 Å². The fraction of sp³-hybridized carbons (Fsp3) is 0.833. The predicted octanol–water partition coefficient (Wildman–Crippen LogP) is 1.34. The van der Waals surface area contributed by atoms with Crippen molar-refractivity contribution in [2.45, 2.75) is 39.2 Å². The molecule has 0 fully saturated rings. The van der Waals surface area contributed by atoms with Crippen molar-refractivity contribution >= 4 is 6.01 Å². The molecule has 1 aromatic rings. The zero-order valence-electron chi connectivity index (χ0n) is 11.5. The Morgan fingerprint density at radius 3 is 2.78 bits per heavy atom. The zero-order valence-corrected chi connectivity index (χ0v) is 11.5. The first-order valence-electron chi connectivity index (χ1n) is 6.57. The van der Waals surface area contributed by atoms with Crippen molar-refractivity contribution in [3.63, 3.8) is 0 Å². The van der Waals surface area contributed by atoms with Crippen LogP contribution in [0, 0.1) is 0 Å². The number of nitrogens with zero attached hydrogens (tertiary/aromatic N) is 3. The molecule has 0 saturated carbocycles. The molecular weight excluding hydrogens is 232 g/mol. The fourth-order valence-corrected chi connectivity index (χ4v) is 1.68. The lowest BCUT2D eigenvalue weighted by Gasteiger charge is -2.13. The summed E-state index contributed by atoms with van der Waals surface area (Å²) < 4.78 is 5.61. The van der Waals surface area contributed by atoms with Crippen molar-refractivity contribution in [2.24, 2.45) is 0 Å². The summed E-state index contributed by atoms with van der Waals surface area (Å²) in [4.78, 5) is 1.95. The molecule has 1 aromatic heterocycles. The van der Waals surface area contributed by atoms with Crippen molar-refractivity contribution in [3.8, 4) is 0 Å². The van der Waals surface area contributed by atoms with Gasteiger partial charge in [0, 0.05) is 20.2 Å². The van der Waals surface area contributed by atoms with Crippen LogP contribution in [0.5, 0.6) is 0 Å². The number of aliphatic hydroxyl groups excluding tert-OH is 1. The summed E-state index contributed by atoms with van der Waals surface area (Å²) in [6.45, 7) is 6.03. The number of hydrogen-bond donors (Lipinski definition) is 2. The van der Waals surface area contributed by atoms with Gasteiger partial charge < -0.3 is 19.7 Å². The number of rotatable bonds is 9. The third kappa shape index (κ3) is 4.62. The van der Waals surface area contributed by atoms with E-state index >= 15 is 0 Å². The Morgan fingerprint density at radius 2 is 2.11 bits per heavy atom. The monoisotopic (exact) mass is 256 g/mol. The van der Waals surface area contributed by atoms with E-state index in [0.29, 0.717) is 11.9 Å². The lowest BCUT2D eigenvalue weighted by Crippen LogP contribution is -2.19. The smallest absolute Gasteiger partial charge is 0.317 e. The van der Waals surface area contributed by atoms with Gasteiger partial charge in [0.15, 0.2) is 0 Å². The molecule has 1 unspecified atom stereocenters. The van der Waals surface area contributed by atoms with Crippen LogP contribution in [-0.4, -0.2) is 42.0 Å². The van der Waals surface area contributed by atoms with Gasteiger partial charge in [-0.2, -0.15) is 0 Å². The molecule has 0 bridgehead atoms. The molecule has 0 aliphatic rings. The molecule has 6 heteroatoms. The molecule has 0 aliphatic heterocycles. The van der Waals surface area contributed by atoms with Gasteiger partial charge in [-0.25, -0.2) is 0 Å². The van der Waals surface area contributed by atoms with Crippen molar-refractivity contribution < 1.29 is 9.52 Å².